The molecule has 0 aromatic rings. The molecule has 0 aliphatic rings. The second-order valence-corrected chi connectivity index (χ2v) is 2.45. The maximum atomic E-state index is 11.7. The molecule has 4 nitrogen and oxygen atoms in total. The van der Waals surface area contributed by atoms with Gasteiger partial charge in [0, 0.05) is 0 Å². The standard InChI is InChI=1S/C6H7F3O4/c7-6(8,9)2-3(5(12)13)1-4(10)11/h3H,1-2H2,(H,10,11)(H,12,13). The number of hydrogen-bond donors (Lipinski definition) is 2. The molecule has 1 atom stereocenters. The number of rotatable bonds is 4. The van der Waals surface area contributed by atoms with E-state index in [1.54, 1.807) is 0 Å². The third-order valence-corrected chi connectivity index (χ3v) is 1.25. The van der Waals surface area contributed by atoms with Crippen molar-refractivity contribution in [1.29, 1.82) is 0 Å². The summed E-state index contributed by atoms with van der Waals surface area (Å²) in [6.07, 6.45) is -7.29. The normalized spacial score (nSPS) is 13.8. The Morgan fingerprint density at radius 2 is 1.69 bits per heavy atom. The van der Waals surface area contributed by atoms with Gasteiger partial charge in [-0.3, -0.25) is 9.59 Å². The molecule has 0 saturated carbocycles. The lowest BCUT2D eigenvalue weighted by atomic mass is 10.0. The second kappa shape index (κ2) is 4.11. The quantitative estimate of drug-likeness (QED) is 0.712. The molecule has 0 aliphatic heterocycles. The second-order valence-electron chi connectivity index (χ2n) is 2.45. The van der Waals surface area contributed by atoms with Crippen molar-refractivity contribution in [2.45, 2.75) is 19.0 Å². The first kappa shape index (κ1) is 11.7. The Balaban J connectivity index is 4.27. The van der Waals surface area contributed by atoms with E-state index >= 15 is 0 Å². The monoisotopic (exact) mass is 200 g/mol. The van der Waals surface area contributed by atoms with Crippen molar-refractivity contribution in [1.82, 2.24) is 0 Å². The van der Waals surface area contributed by atoms with Crippen LogP contribution in [0.2, 0.25) is 0 Å². The highest BCUT2D eigenvalue weighted by molar-refractivity contribution is 5.77. The molecule has 0 aromatic heterocycles. The van der Waals surface area contributed by atoms with Gasteiger partial charge >= 0.3 is 18.1 Å². The molecule has 0 aliphatic carbocycles. The molecule has 0 saturated heterocycles. The van der Waals surface area contributed by atoms with Gasteiger partial charge in [0.05, 0.1) is 18.8 Å². The lowest BCUT2D eigenvalue weighted by Gasteiger charge is -2.11. The van der Waals surface area contributed by atoms with Gasteiger partial charge in [-0.1, -0.05) is 0 Å². The molecule has 2 N–H and O–H groups in total. The summed E-state index contributed by atoms with van der Waals surface area (Å²) in [4.78, 5) is 20.1. The summed E-state index contributed by atoms with van der Waals surface area (Å²) >= 11 is 0. The molecule has 0 radical (unpaired) electrons. The number of aliphatic carboxylic acids is 2. The van der Waals surface area contributed by atoms with Crippen LogP contribution in [0.25, 0.3) is 0 Å². The fraction of sp³-hybridized carbons (Fsp3) is 0.667. The minimum absolute atomic E-state index is 1.02. The third-order valence-electron chi connectivity index (χ3n) is 1.25. The van der Waals surface area contributed by atoms with Crippen LogP contribution in [-0.4, -0.2) is 28.3 Å². The third kappa shape index (κ3) is 5.94. The van der Waals surface area contributed by atoms with Crippen LogP contribution in [0.4, 0.5) is 13.2 Å². The molecule has 0 amide bonds. The number of halogens is 3. The van der Waals surface area contributed by atoms with Gasteiger partial charge in [-0.25, -0.2) is 0 Å². The Morgan fingerprint density at radius 1 is 1.23 bits per heavy atom. The fourth-order valence-electron chi connectivity index (χ4n) is 0.737. The highest BCUT2D eigenvalue weighted by atomic mass is 19.4. The molecule has 0 heterocycles. The van der Waals surface area contributed by atoms with Crippen LogP contribution in [-0.2, 0) is 9.59 Å². The Morgan fingerprint density at radius 3 is 1.92 bits per heavy atom. The first-order valence-electron chi connectivity index (χ1n) is 3.23. The number of hydrogen-bond acceptors (Lipinski definition) is 2. The van der Waals surface area contributed by atoms with Crippen molar-refractivity contribution in [2.75, 3.05) is 0 Å². The molecular weight excluding hydrogens is 193 g/mol. The predicted octanol–water partition coefficient (Wildman–Crippen LogP) is 1.11. The van der Waals surface area contributed by atoms with Gasteiger partial charge in [0.2, 0.25) is 0 Å². The summed E-state index contributed by atoms with van der Waals surface area (Å²) in [6, 6.07) is 0. The minimum Gasteiger partial charge on any atom is -0.481 e. The van der Waals surface area contributed by atoms with Gasteiger partial charge in [-0.05, 0) is 0 Å². The maximum Gasteiger partial charge on any atom is 0.389 e. The molecule has 0 spiro atoms. The Kier molecular flexibility index (Phi) is 3.70. The number of carboxylic acids is 2. The summed E-state index contributed by atoms with van der Waals surface area (Å²) < 4.78 is 35.0. The van der Waals surface area contributed by atoms with E-state index in [1.807, 2.05) is 0 Å². The smallest absolute Gasteiger partial charge is 0.389 e. The average molecular weight is 200 g/mol. The zero-order valence-electron chi connectivity index (χ0n) is 6.34. The molecule has 13 heavy (non-hydrogen) atoms. The van der Waals surface area contributed by atoms with Gasteiger partial charge < -0.3 is 10.2 Å². The molecule has 0 rings (SSSR count). The lowest BCUT2D eigenvalue weighted by Crippen LogP contribution is -2.24. The summed E-state index contributed by atoms with van der Waals surface area (Å²) in [6.45, 7) is 0. The van der Waals surface area contributed by atoms with E-state index < -0.39 is 36.9 Å². The molecule has 0 fully saturated rings. The lowest BCUT2D eigenvalue weighted by molar-refractivity contribution is -0.167. The van der Waals surface area contributed by atoms with E-state index in [0.29, 0.717) is 0 Å². The van der Waals surface area contributed by atoms with Gasteiger partial charge in [0.25, 0.3) is 0 Å². The zero-order valence-corrected chi connectivity index (χ0v) is 6.34. The fourth-order valence-corrected chi connectivity index (χ4v) is 0.737. The van der Waals surface area contributed by atoms with Crippen molar-refractivity contribution in [3.05, 3.63) is 0 Å². The topological polar surface area (TPSA) is 74.6 Å². The van der Waals surface area contributed by atoms with Crippen LogP contribution in [0, 0.1) is 5.92 Å². The Hall–Kier alpha value is -1.27. The molecule has 76 valence electrons. The summed E-state index contributed by atoms with van der Waals surface area (Å²) in [5, 5.41) is 16.3. The number of alkyl halides is 3. The van der Waals surface area contributed by atoms with Crippen LogP contribution in [0.5, 0.6) is 0 Å². The molecular formula is C6H7F3O4. The number of carbonyl (C=O) groups is 2. The Labute approximate surface area is 71.0 Å². The number of carboxylic acid groups (broad SMARTS) is 2. The van der Waals surface area contributed by atoms with Crippen molar-refractivity contribution in [2.24, 2.45) is 5.92 Å². The van der Waals surface area contributed by atoms with Gasteiger partial charge in [-0.2, -0.15) is 13.2 Å². The Bertz CT molecular complexity index is 210. The summed E-state index contributed by atoms with van der Waals surface area (Å²) in [7, 11) is 0. The summed E-state index contributed by atoms with van der Waals surface area (Å²) in [5.74, 6) is -5.21. The van der Waals surface area contributed by atoms with Crippen molar-refractivity contribution >= 4 is 11.9 Å². The predicted molar refractivity (Wildman–Crippen MR) is 34.1 cm³/mol. The van der Waals surface area contributed by atoms with Gasteiger partial charge in [0.1, 0.15) is 0 Å². The van der Waals surface area contributed by atoms with Crippen molar-refractivity contribution in [3.8, 4) is 0 Å². The van der Waals surface area contributed by atoms with Crippen LogP contribution in [0.1, 0.15) is 12.8 Å². The van der Waals surface area contributed by atoms with E-state index in [0.717, 1.165) is 0 Å². The van der Waals surface area contributed by atoms with Crippen LogP contribution in [0.15, 0.2) is 0 Å². The zero-order chi connectivity index (χ0) is 10.6. The highest BCUT2D eigenvalue weighted by Gasteiger charge is 2.36. The van der Waals surface area contributed by atoms with E-state index in [1.165, 1.54) is 0 Å². The summed E-state index contributed by atoms with van der Waals surface area (Å²) in [5.41, 5.74) is 0. The maximum absolute atomic E-state index is 11.7. The average Bonchev–Trinajstić information content (AvgIpc) is 1.81. The SMILES string of the molecule is O=C(O)CC(CC(F)(F)F)C(=O)O. The molecule has 0 bridgehead atoms. The molecule has 1 unspecified atom stereocenters. The van der Waals surface area contributed by atoms with Crippen molar-refractivity contribution < 1.29 is 33.0 Å². The van der Waals surface area contributed by atoms with Crippen LogP contribution < -0.4 is 0 Å². The minimum atomic E-state index is -4.65. The van der Waals surface area contributed by atoms with Crippen LogP contribution >= 0.6 is 0 Å². The van der Waals surface area contributed by atoms with Gasteiger partial charge in [0.15, 0.2) is 0 Å². The largest absolute Gasteiger partial charge is 0.481 e. The highest BCUT2D eigenvalue weighted by Crippen LogP contribution is 2.26. The first-order chi connectivity index (χ1) is 5.72. The molecule has 0 aromatic carbocycles. The van der Waals surface area contributed by atoms with E-state index in [-0.39, 0.29) is 0 Å². The van der Waals surface area contributed by atoms with Crippen molar-refractivity contribution in [3.63, 3.8) is 0 Å². The first-order valence-corrected chi connectivity index (χ1v) is 3.23. The van der Waals surface area contributed by atoms with Gasteiger partial charge in [-0.15, -0.1) is 0 Å². The molecule has 7 heteroatoms. The van der Waals surface area contributed by atoms with E-state index in [9.17, 15) is 22.8 Å². The van der Waals surface area contributed by atoms with E-state index in [2.05, 4.69) is 0 Å². The van der Waals surface area contributed by atoms with E-state index in [4.69, 9.17) is 10.2 Å². The van der Waals surface area contributed by atoms with Crippen LogP contribution in [0.3, 0.4) is 0 Å².